The fraction of sp³-hybridized carbons (Fsp3) is 0.375. The summed E-state index contributed by atoms with van der Waals surface area (Å²) in [6, 6.07) is 23.2. The van der Waals surface area contributed by atoms with E-state index in [9.17, 15) is 53.4 Å². The van der Waals surface area contributed by atoms with Gasteiger partial charge >= 0.3 is 5.97 Å². The molecule has 0 bridgehead atoms. The number of esters is 1. The van der Waals surface area contributed by atoms with Crippen molar-refractivity contribution in [1.82, 2.24) is 36.8 Å². The predicted octanol–water partition coefficient (Wildman–Crippen LogP) is 4.20. The Morgan fingerprint density at radius 3 is 1.85 bits per heavy atom. The Hall–Kier alpha value is -9.31. The third-order valence-electron chi connectivity index (χ3n) is 15.7. The van der Waals surface area contributed by atoms with E-state index in [4.69, 9.17) is 27.9 Å². The highest BCUT2D eigenvalue weighted by molar-refractivity contribution is 6.02. The number of carbonyl (C=O) groups is 9. The van der Waals surface area contributed by atoms with Gasteiger partial charge in [0.1, 0.15) is 59.2 Å². The molecule has 2 radical (unpaired) electrons. The van der Waals surface area contributed by atoms with E-state index in [0.29, 0.717) is 40.7 Å². The first-order valence-corrected chi connectivity index (χ1v) is 28.8. The number of fused-ring (bicyclic) bond motifs is 6. The van der Waals surface area contributed by atoms with Gasteiger partial charge in [-0.05, 0) is 119 Å². The summed E-state index contributed by atoms with van der Waals surface area (Å²) in [4.78, 5) is 126. The number of nitrogens with two attached hydrogens (primary N) is 2. The quantitative estimate of drug-likeness (QED) is 0.0289. The van der Waals surface area contributed by atoms with Crippen LogP contribution in [0.25, 0.3) is 0 Å². The molecular weight excluding hydrogens is 1100 g/mol. The molecule has 0 unspecified atom stereocenters. The minimum Gasteiger partial charge on any atom is -0.508 e. The molecule has 0 aromatic heterocycles. The van der Waals surface area contributed by atoms with E-state index < -0.39 is 107 Å². The lowest BCUT2D eigenvalue weighted by molar-refractivity contribution is -0.143. The zero-order chi connectivity index (χ0) is 62.0. The van der Waals surface area contributed by atoms with Crippen molar-refractivity contribution >= 4 is 53.2 Å². The Balaban J connectivity index is 0.970. The molecule has 86 heavy (non-hydrogen) atoms. The van der Waals surface area contributed by atoms with Crippen molar-refractivity contribution in [1.29, 1.82) is 0 Å². The van der Waals surface area contributed by atoms with Crippen molar-refractivity contribution in [3.63, 3.8) is 0 Å². The SMILES string of the molecule is [CH]CCC[C@H](NC(=O)[C@H](CCCCNC(=O)c1ccc2c(c1)C(=O)OC21c2ccc(O)cc2Oc2cc(O)ccc21)NC(=O)[C@H](C)NC(=O)[C@@H](NC(=O)[C@@H]1CCCN1C(=O)[C@@H](NC(=O)[C@H](C)N)C(C)C)C(c1ccccc1)c1ccccc1)C(N)=O. The number of hydrogen-bond donors (Lipinski definition) is 10. The Bertz CT molecular complexity index is 3270. The monoisotopic (exact) mass is 1180 g/mol. The van der Waals surface area contributed by atoms with Crippen LogP contribution < -0.4 is 48.1 Å². The van der Waals surface area contributed by atoms with Crippen molar-refractivity contribution in [3.05, 3.63) is 161 Å². The Labute approximate surface area is 498 Å². The first kappa shape index (κ1) is 62.7. The second kappa shape index (κ2) is 27.6. The summed E-state index contributed by atoms with van der Waals surface area (Å²) in [7, 11) is 0. The van der Waals surface area contributed by atoms with Crippen molar-refractivity contribution in [2.24, 2.45) is 17.4 Å². The largest absolute Gasteiger partial charge is 0.508 e. The van der Waals surface area contributed by atoms with Crippen LogP contribution in [0, 0.1) is 12.8 Å². The number of hydrogen-bond acceptors (Lipinski definition) is 14. The molecule has 0 saturated carbocycles. The van der Waals surface area contributed by atoms with Gasteiger partial charge in [-0.1, -0.05) is 87.0 Å². The van der Waals surface area contributed by atoms with E-state index >= 15 is 0 Å². The Morgan fingerprint density at radius 2 is 1.27 bits per heavy atom. The lowest BCUT2D eigenvalue weighted by atomic mass is 9.77. The van der Waals surface area contributed by atoms with Crippen LogP contribution in [0.4, 0.5) is 0 Å². The van der Waals surface area contributed by atoms with Gasteiger partial charge < -0.3 is 68.0 Å². The highest BCUT2D eigenvalue weighted by Crippen LogP contribution is 2.57. The number of rotatable bonds is 25. The first-order chi connectivity index (χ1) is 41.1. The summed E-state index contributed by atoms with van der Waals surface area (Å²) in [6.07, 6.45) is 1.88. The van der Waals surface area contributed by atoms with Gasteiger partial charge in [0.2, 0.25) is 41.4 Å². The van der Waals surface area contributed by atoms with Gasteiger partial charge in [-0.15, -0.1) is 0 Å². The molecule has 22 nitrogen and oxygen atoms in total. The molecule has 22 heteroatoms. The van der Waals surface area contributed by atoms with E-state index in [-0.39, 0.29) is 91.7 Å². The van der Waals surface area contributed by atoms with E-state index in [1.807, 2.05) is 0 Å². The van der Waals surface area contributed by atoms with Gasteiger partial charge in [-0.2, -0.15) is 0 Å². The second-order valence-corrected chi connectivity index (χ2v) is 22.2. The first-order valence-electron chi connectivity index (χ1n) is 28.8. The van der Waals surface area contributed by atoms with Crippen LogP contribution >= 0.6 is 0 Å². The normalized spacial score (nSPS) is 16.6. The lowest BCUT2D eigenvalue weighted by Gasteiger charge is -2.36. The molecule has 1 saturated heterocycles. The molecule has 8 amide bonds. The summed E-state index contributed by atoms with van der Waals surface area (Å²) in [5.41, 5.74) is 12.7. The molecule has 1 spiro atoms. The predicted molar refractivity (Wildman–Crippen MR) is 315 cm³/mol. The third kappa shape index (κ3) is 13.9. The van der Waals surface area contributed by atoms with Crippen LogP contribution in [0.3, 0.4) is 0 Å². The fourth-order valence-electron chi connectivity index (χ4n) is 11.2. The molecule has 3 heterocycles. The number of primary amides is 1. The number of nitrogens with zero attached hydrogens (tertiary/aromatic N) is 1. The number of unbranched alkanes of at least 4 members (excludes halogenated alkanes) is 2. The molecule has 1 fully saturated rings. The topological polar surface area (TPSA) is 340 Å². The van der Waals surface area contributed by atoms with Crippen LogP contribution in [0.5, 0.6) is 23.0 Å². The molecule has 3 aliphatic rings. The molecule has 5 aromatic rings. The summed E-state index contributed by atoms with van der Waals surface area (Å²) >= 11 is 0. The number of likely N-dealkylation sites (tertiary alicyclic amines) is 1. The maximum absolute atomic E-state index is 14.9. The lowest BCUT2D eigenvalue weighted by Crippen LogP contribution is -2.60. The van der Waals surface area contributed by atoms with Crippen molar-refractivity contribution < 1.29 is 62.8 Å². The van der Waals surface area contributed by atoms with Crippen LogP contribution in [0.1, 0.15) is 134 Å². The van der Waals surface area contributed by atoms with E-state index in [2.05, 4.69) is 31.9 Å². The molecule has 3 aliphatic heterocycles. The zero-order valence-electron chi connectivity index (χ0n) is 48.3. The summed E-state index contributed by atoms with van der Waals surface area (Å²) in [5.74, 6) is -7.06. The summed E-state index contributed by atoms with van der Waals surface area (Å²) in [5, 5.41) is 37.2. The minimum absolute atomic E-state index is 0.0164. The molecule has 7 atom stereocenters. The van der Waals surface area contributed by atoms with Crippen LogP contribution in [-0.4, -0.2) is 124 Å². The van der Waals surface area contributed by atoms with Gasteiger partial charge in [-0.3, -0.25) is 38.4 Å². The van der Waals surface area contributed by atoms with Gasteiger partial charge in [0.05, 0.1) is 11.6 Å². The maximum atomic E-state index is 14.9. The number of phenolic OH excluding ortho intramolecular Hbond substituents is 2. The molecular formula is C64H73N9O13. The fourth-order valence-corrected chi connectivity index (χ4v) is 11.2. The van der Waals surface area contributed by atoms with Crippen LogP contribution in [0.15, 0.2) is 115 Å². The number of amides is 8. The molecule has 5 aromatic carbocycles. The smallest absolute Gasteiger partial charge is 0.340 e. The molecule has 8 rings (SSSR count). The van der Waals surface area contributed by atoms with E-state index in [1.54, 1.807) is 92.7 Å². The number of benzene rings is 5. The standard InChI is InChI=1S/C64H73N9O13/c1-6-7-21-47(55(66)76)69-59(80)48(22-14-15-30-67-58(79)40-24-27-44-43(32-40)63(84)86-64(44)45-28-25-41(74)33-50(45)85-51-34-42(75)26-29-46(51)64)70-57(78)37(5)68-61(82)54(52(38-17-10-8-11-18-38)39-19-12-9-13-20-39)72-60(81)49-23-16-31-73(49)62(83)53(35(2)3)71-56(77)36(4)65/h1,8-13,17-20,24-29,32-37,47-49,52-54,74-75H,6-7,14-16,21-23,30-31,65H2,2-5H3,(H2,66,76)(H,67,79)(H,68,82)(H,69,80)(H,70,78)(H,71,77)(H,72,81)/t36-,37-,47-,48-,49-,53-,54-/m0/s1. The van der Waals surface area contributed by atoms with Crippen molar-refractivity contribution in [3.8, 4) is 23.0 Å². The Morgan fingerprint density at radius 1 is 0.674 bits per heavy atom. The number of carbonyl (C=O) groups excluding carboxylic acids is 9. The molecule has 12 N–H and O–H groups in total. The number of nitrogens with one attached hydrogen (secondary N) is 6. The van der Waals surface area contributed by atoms with Gasteiger partial charge in [0.25, 0.3) is 5.91 Å². The van der Waals surface area contributed by atoms with Crippen LogP contribution in [-0.2, 0) is 43.9 Å². The molecule has 452 valence electrons. The zero-order valence-corrected chi connectivity index (χ0v) is 48.3. The average Bonchev–Trinajstić information content (AvgIpc) is 1.46. The van der Waals surface area contributed by atoms with Crippen LogP contribution in [0.2, 0.25) is 0 Å². The van der Waals surface area contributed by atoms with Crippen molar-refractivity contribution in [2.45, 2.75) is 133 Å². The number of aromatic hydroxyl groups is 2. The van der Waals surface area contributed by atoms with Crippen molar-refractivity contribution in [2.75, 3.05) is 13.1 Å². The highest BCUT2D eigenvalue weighted by Gasteiger charge is 2.54. The minimum atomic E-state index is -1.53. The highest BCUT2D eigenvalue weighted by atomic mass is 16.6. The average molecular weight is 1180 g/mol. The number of phenols is 2. The Kier molecular flexibility index (Phi) is 20.1. The van der Waals surface area contributed by atoms with Gasteiger partial charge in [-0.25, -0.2) is 4.79 Å². The molecule has 0 aliphatic carbocycles. The second-order valence-electron chi connectivity index (χ2n) is 22.2. The van der Waals surface area contributed by atoms with E-state index in [0.717, 1.165) is 0 Å². The van der Waals surface area contributed by atoms with E-state index in [1.165, 1.54) is 55.1 Å². The summed E-state index contributed by atoms with van der Waals surface area (Å²) < 4.78 is 12.2. The summed E-state index contributed by atoms with van der Waals surface area (Å²) in [6.45, 7) is 12.4. The van der Waals surface area contributed by atoms with Gasteiger partial charge in [0.15, 0.2) is 5.60 Å². The maximum Gasteiger partial charge on any atom is 0.340 e. The number of ether oxygens (including phenoxy) is 2. The third-order valence-corrected chi connectivity index (χ3v) is 15.7. The van der Waals surface area contributed by atoms with Gasteiger partial charge in [0, 0.05) is 53.4 Å².